The minimum Gasteiger partial charge on any atom is -0.464 e. The molecule has 0 spiro atoms. The molecule has 0 aliphatic rings. The van der Waals surface area contributed by atoms with Crippen molar-refractivity contribution in [3.8, 4) is 0 Å². The summed E-state index contributed by atoms with van der Waals surface area (Å²) < 4.78 is 5.44. The molecule has 0 saturated heterocycles. The van der Waals surface area contributed by atoms with E-state index in [0.29, 0.717) is 19.1 Å². The van der Waals surface area contributed by atoms with Crippen LogP contribution < -0.4 is 5.32 Å². The van der Waals surface area contributed by atoms with E-state index in [1.54, 1.807) is 11.9 Å². The summed E-state index contributed by atoms with van der Waals surface area (Å²) in [4.78, 5) is 13.5. The topological polar surface area (TPSA) is 45.5 Å². The van der Waals surface area contributed by atoms with Gasteiger partial charge in [0.05, 0.1) is 13.1 Å². The monoisotopic (exact) mass is 238 g/mol. The van der Waals surface area contributed by atoms with Gasteiger partial charge < -0.3 is 14.6 Å². The fourth-order valence-corrected chi connectivity index (χ4v) is 1.43. The van der Waals surface area contributed by atoms with E-state index in [0.717, 1.165) is 17.9 Å². The predicted molar refractivity (Wildman–Crippen MR) is 67.7 cm³/mol. The maximum atomic E-state index is 11.8. The third-order valence-electron chi connectivity index (χ3n) is 2.83. The Balaban J connectivity index is 2.36. The summed E-state index contributed by atoms with van der Waals surface area (Å²) in [7, 11) is 1.79. The van der Waals surface area contributed by atoms with Crippen LogP contribution in [0.25, 0.3) is 0 Å². The van der Waals surface area contributed by atoms with E-state index in [1.807, 2.05) is 19.1 Å². The molecule has 0 fully saturated rings. The average Bonchev–Trinajstić information content (AvgIpc) is 2.70. The number of furan rings is 1. The van der Waals surface area contributed by atoms with Crippen molar-refractivity contribution in [2.45, 2.75) is 39.8 Å². The molecule has 0 bridgehead atoms. The number of likely N-dealkylation sites (N-methyl/N-ethyl adjacent to an activating group) is 1. The molecule has 4 nitrogen and oxygen atoms in total. The number of hydrogen-bond acceptors (Lipinski definition) is 3. The second kappa shape index (κ2) is 6.45. The van der Waals surface area contributed by atoms with E-state index in [9.17, 15) is 4.79 Å². The van der Waals surface area contributed by atoms with Gasteiger partial charge in [0, 0.05) is 13.1 Å². The Bertz CT molecular complexity index is 360. The van der Waals surface area contributed by atoms with Crippen LogP contribution in [0.5, 0.6) is 0 Å². The third-order valence-corrected chi connectivity index (χ3v) is 2.83. The molecule has 0 saturated carbocycles. The van der Waals surface area contributed by atoms with Crippen molar-refractivity contribution in [3.05, 3.63) is 23.7 Å². The fraction of sp³-hybridized carbons (Fsp3) is 0.615. The summed E-state index contributed by atoms with van der Waals surface area (Å²) >= 11 is 0. The number of amides is 1. The van der Waals surface area contributed by atoms with Gasteiger partial charge in [-0.2, -0.15) is 0 Å². The molecule has 0 radical (unpaired) electrons. The molecule has 1 rings (SSSR count). The van der Waals surface area contributed by atoms with Crippen LogP contribution in [0, 0.1) is 6.92 Å². The highest BCUT2D eigenvalue weighted by Gasteiger charge is 2.11. The lowest BCUT2D eigenvalue weighted by Gasteiger charge is -2.18. The second-order valence-corrected chi connectivity index (χ2v) is 4.45. The Kier molecular flexibility index (Phi) is 5.22. The molecule has 4 heteroatoms. The van der Waals surface area contributed by atoms with Gasteiger partial charge >= 0.3 is 0 Å². The summed E-state index contributed by atoms with van der Waals surface area (Å²) in [5.74, 6) is 1.78. The van der Waals surface area contributed by atoms with Crippen molar-refractivity contribution in [1.82, 2.24) is 10.2 Å². The van der Waals surface area contributed by atoms with E-state index in [2.05, 4.69) is 19.2 Å². The van der Waals surface area contributed by atoms with E-state index < -0.39 is 0 Å². The zero-order valence-electron chi connectivity index (χ0n) is 11.1. The van der Waals surface area contributed by atoms with Crippen molar-refractivity contribution < 1.29 is 9.21 Å². The van der Waals surface area contributed by atoms with Crippen LogP contribution in [-0.2, 0) is 11.3 Å². The third kappa shape index (κ3) is 4.61. The lowest BCUT2D eigenvalue weighted by molar-refractivity contribution is -0.129. The van der Waals surface area contributed by atoms with Crippen molar-refractivity contribution >= 4 is 5.91 Å². The van der Waals surface area contributed by atoms with Gasteiger partial charge in [0.2, 0.25) is 5.91 Å². The first-order valence-corrected chi connectivity index (χ1v) is 6.05. The summed E-state index contributed by atoms with van der Waals surface area (Å²) in [6.07, 6.45) is 1.02. The van der Waals surface area contributed by atoms with Crippen LogP contribution in [-0.4, -0.2) is 30.4 Å². The minimum atomic E-state index is 0.0827. The Hall–Kier alpha value is -1.29. The Morgan fingerprint density at radius 2 is 2.24 bits per heavy atom. The number of carbonyl (C=O) groups excluding carboxylic acids is 1. The number of nitrogens with one attached hydrogen (secondary N) is 1. The minimum absolute atomic E-state index is 0.0827. The van der Waals surface area contributed by atoms with Crippen molar-refractivity contribution in [2.24, 2.45) is 0 Å². The maximum absolute atomic E-state index is 11.8. The number of rotatable bonds is 6. The smallest absolute Gasteiger partial charge is 0.236 e. The predicted octanol–water partition coefficient (Wildman–Crippen LogP) is 1.93. The highest BCUT2D eigenvalue weighted by molar-refractivity contribution is 5.77. The van der Waals surface area contributed by atoms with Crippen molar-refractivity contribution in [2.75, 3.05) is 13.6 Å². The Morgan fingerprint density at radius 1 is 1.53 bits per heavy atom. The molecule has 1 amide bonds. The van der Waals surface area contributed by atoms with E-state index in [-0.39, 0.29) is 5.91 Å². The van der Waals surface area contributed by atoms with Gasteiger partial charge in [-0.15, -0.1) is 0 Å². The SMILES string of the molecule is CCC(C)NCC(=O)N(C)Cc1ccc(C)o1. The standard InChI is InChI=1S/C13H22N2O2/c1-5-10(2)14-8-13(16)15(4)9-12-7-6-11(3)17-12/h6-7,10,14H,5,8-9H2,1-4H3. The maximum Gasteiger partial charge on any atom is 0.236 e. The molecule has 0 aliphatic heterocycles. The van der Waals surface area contributed by atoms with Crippen LogP contribution in [0.1, 0.15) is 31.8 Å². The number of aryl methyl sites for hydroxylation is 1. The Labute approximate surface area is 103 Å². The van der Waals surface area contributed by atoms with Crippen molar-refractivity contribution in [3.63, 3.8) is 0 Å². The Morgan fingerprint density at radius 3 is 2.76 bits per heavy atom. The molecule has 0 aromatic carbocycles. The van der Waals surface area contributed by atoms with Gasteiger partial charge in [-0.05, 0) is 32.4 Å². The number of carbonyl (C=O) groups is 1. The quantitative estimate of drug-likeness (QED) is 0.823. The van der Waals surface area contributed by atoms with Crippen LogP contribution in [0.2, 0.25) is 0 Å². The zero-order chi connectivity index (χ0) is 12.8. The summed E-state index contributed by atoms with van der Waals surface area (Å²) in [5.41, 5.74) is 0. The van der Waals surface area contributed by atoms with Gasteiger partial charge in [0.25, 0.3) is 0 Å². The number of nitrogens with zero attached hydrogens (tertiary/aromatic N) is 1. The lowest BCUT2D eigenvalue weighted by atomic mass is 10.2. The summed E-state index contributed by atoms with van der Waals surface area (Å²) in [5, 5.41) is 3.18. The molecule has 1 aromatic rings. The van der Waals surface area contributed by atoms with Gasteiger partial charge in [0.1, 0.15) is 11.5 Å². The van der Waals surface area contributed by atoms with Gasteiger partial charge in [0.15, 0.2) is 0 Å². The molecule has 0 aliphatic carbocycles. The van der Waals surface area contributed by atoms with Crippen LogP contribution in [0.4, 0.5) is 0 Å². The largest absolute Gasteiger partial charge is 0.464 e. The molecule has 1 heterocycles. The van der Waals surface area contributed by atoms with E-state index in [1.165, 1.54) is 0 Å². The van der Waals surface area contributed by atoms with Crippen LogP contribution in [0.3, 0.4) is 0 Å². The molecular weight excluding hydrogens is 216 g/mol. The first-order valence-electron chi connectivity index (χ1n) is 6.05. The van der Waals surface area contributed by atoms with Crippen LogP contribution >= 0.6 is 0 Å². The first kappa shape index (κ1) is 13.8. The van der Waals surface area contributed by atoms with Crippen LogP contribution in [0.15, 0.2) is 16.5 Å². The van der Waals surface area contributed by atoms with Gasteiger partial charge in [-0.3, -0.25) is 4.79 Å². The average molecular weight is 238 g/mol. The lowest BCUT2D eigenvalue weighted by Crippen LogP contribution is -2.38. The molecule has 1 atom stereocenters. The van der Waals surface area contributed by atoms with E-state index >= 15 is 0 Å². The van der Waals surface area contributed by atoms with Gasteiger partial charge in [-0.25, -0.2) is 0 Å². The van der Waals surface area contributed by atoms with Crippen molar-refractivity contribution in [1.29, 1.82) is 0 Å². The fourth-order valence-electron chi connectivity index (χ4n) is 1.43. The first-order chi connectivity index (χ1) is 8.02. The molecule has 1 unspecified atom stereocenters. The molecular formula is C13H22N2O2. The normalized spacial score (nSPS) is 12.5. The van der Waals surface area contributed by atoms with Gasteiger partial charge in [-0.1, -0.05) is 6.92 Å². The molecule has 1 N–H and O–H groups in total. The molecule has 17 heavy (non-hydrogen) atoms. The molecule has 1 aromatic heterocycles. The summed E-state index contributed by atoms with van der Waals surface area (Å²) in [6.45, 7) is 6.97. The highest BCUT2D eigenvalue weighted by Crippen LogP contribution is 2.08. The molecule has 96 valence electrons. The highest BCUT2D eigenvalue weighted by atomic mass is 16.3. The number of hydrogen-bond donors (Lipinski definition) is 1. The zero-order valence-corrected chi connectivity index (χ0v) is 11.1. The summed E-state index contributed by atoms with van der Waals surface area (Å²) in [6, 6.07) is 4.19. The van der Waals surface area contributed by atoms with E-state index in [4.69, 9.17) is 4.42 Å². The second-order valence-electron chi connectivity index (χ2n) is 4.45.